The molecule has 2 amide bonds. The number of para-hydroxylation sites is 1. The number of hydrogen-bond donors (Lipinski definition) is 1. The largest absolute Gasteiger partial charge is 0.391 e. The molecule has 1 saturated heterocycles. The summed E-state index contributed by atoms with van der Waals surface area (Å²) in [5.41, 5.74) is 2.10. The molecular weight excluding hydrogens is 384 g/mol. The number of nitrogens with zero attached hydrogens (tertiary/aromatic N) is 2. The number of anilines is 1. The van der Waals surface area contributed by atoms with E-state index in [1.807, 2.05) is 36.4 Å². The number of benzene rings is 2. The second-order valence-corrected chi connectivity index (χ2v) is 7.35. The summed E-state index contributed by atoms with van der Waals surface area (Å²) in [6.07, 6.45) is -0.371. The third-order valence-electron chi connectivity index (χ3n) is 4.75. The van der Waals surface area contributed by atoms with Gasteiger partial charge >= 0.3 is 0 Å². The van der Waals surface area contributed by atoms with Crippen molar-refractivity contribution in [2.45, 2.75) is 25.1 Å². The SMILES string of the molecule is O=C1[C@@H]2C[C@@H](O)CN2C(=O)c2ccccc2N1Cc1cccc(Br)c1. The van der Waals surface area contributed by atoms with Crippen LogP contribution < -0.4 is 4.90 Å². The lowest BCUT2D eigenvalue weighted by atomic mass is 10.1. The van der Waals surface area contributed by atoms with Crippen LogP contribution in [0.3, 0.4) is 0 Å². The molecular formula is C19H17BrN2O3. The van der Waals surface area contributed by atoms with Gasteiger partial charge in [-0.05, 0) is 29.8 Å². The number of carbonyl (C=O) groups is 2. The summed E-state index contributed by atoms with van der Waals surface area (Å²) in [5, 5.41) is 9.98. The number of aliphatic hydroxyl groups excluding tert-OH is 1. The topological polar surface area (TPSA) is 60.9 Å². The summed E-state index contributed by atoms with van der Waals surface area (Å²) < 4.78 is 0.939. The van der Waals surface area contributed by atoms with E-state index >= 15 is 0 Å². The van der Waals surface area contributed by atoms with Crippen molar-refractivity contribution < 1.29 is 14.7 Å². The molecule has 2 aliphatic rings. The third kappa shape index (κ3) is 2.85. The highest BCUT2D eigenvalue weighted by atomic mass is 79.9. The fraction of sp³-hybridized carbons (Fsp3) is 0.263. The minimum Gasteiger partial charge on any atom is -0.391 e. The lowest BCUT2D eigenvalue weighted by Gasteiger charge is -2.26. The van der Waals surface area contributed by atoms with Gasteiger partial charge in [0.1, 0.15) is 6.04 Å². The standard InChI is InChI=1S/C19H17BrN2O3/c20-13-5-3-4-12(8-13)10-21-16-7-2-1-6-15(16)18(24)22-11-14(23)9-17(22)19(21)25/h1-8,14,17,23H,9-11H2/t14-,17+/m1/s1. The van der Waals surface area contributed by atoms with Gasteiger partial charge < -0.3 is 14.9 Å². The van der Waals surface area contributed by atoms with E-state index in [2.05, 4.69) is 15.9 Å². The number of rotatable bonds is 2. The molecule has 0 unspecified atom stereocenters. The van der Waals surface area contributed by atoms with Gasteiger partial charge in [-0.15, -0.1) is 0 Å². The summed E-state index contributed by atoms with van der Waals surface area (Å²) >= 11 is 3.45. The van der Waals surface area contributed by atoms with E-state index in [1.165, 1.54) is 4.90 Å². The van der Waals surface area contributed by atoms with Crippen molar-refractivity contribution in [3.63, 3.8) is 0 Å². The van der Waals surface area contributed by atoms with Gasteiger partial charge in [-0.25, -0.2) is 0 Å². The van der Waals surface area contributed by atoms with E-state index in [0.29, 0.717) is 17.8 Å². The van der Waals surface area contributed by atoms with Crippen LogP contribution in [-0.2, 0) is 11.3 Å². The predicted octanol–water partition coefficient (Wildman–Crippen LogP) is 2.57. The fourth-order valence-corrected chi connectivity index (χ4v) is 4.04. The summed E-state index contributed by atoms with van der Waals surface area (Å²) in [4.78, 5) is 29.2. The number of fused-ring (bicyclic) bond motifs is 2. The molecule has 2 aliphatic heterocycles. The number of carbonyl (C=O) groups excluding carboxylic acids is 2. The monoisotopic (exact) mass is 400 g/mol. The first kappa shape index (κ1) is 16.3. The van der Waals surface area contributed by atoms with Crippen LogP contribution in [0.1, 0.15) is 22.3 Å². The lowest BCUT2D eigenvalue weighted by molar-refractivity contribution is -0.122. The molecule has 2 heterocycles. The Hall–Kier alpha value is -2.18. The Morgan fingerprint density at radius 2 is 1.92 bits per heavy atom. The number of halogens is 1. The molecule has 2 atom stereocenters. The molecule has 1 N–H and O–H groups in total. The Labute approximate surface area is 154 Å². The van der Waals surface area contributed by atoms with E-state index < -0.39 is 12.1 Å². The minimum absolute atomic E-state index is 0.144. The molecule has 2 aromatic rings. The molecule has 4 rings (SSSR count). The van der Waals surface area contributed by atoms with Gasteiger partial charge in [-0.3, -0.25) is 9.59 Å². The average Bonchev–Trinajstić information content (AvgIpc) is 2.97. The predicted molar refractivity (Wildman–Crippen MR) is 97.2 cm³/mol. The number of amides is 2. The van der Waals surface area contributed by atoms with Crippen molar-refractivity contribution in [1.82, 2.24) is 4.90 Å². The van der Waals surface area contributed by atoms with Crippen LogP contribution >= 0.6 is 15.9 Å². The maximum Gasteiger partial charge on any atom is 0.256 e. The van der Waals surface area contributed by atoms with Crippen LogP contribution in [0.5, 0.6) is 0 Å². The van der Waals surface area contributed by atoms with Crippen molar-refractivity contribution in [3.8, 4) is 0 Å². The van der Waals surface area contributed by atoms with Gasteiger partial charge in [0.05, 0.1) is 23.9 Å². The zero-order chi connectivity index (χ0) is 17.6. The van der Waals surface area contributed by atoms with Gasteiger partial charge in [0.15, 0.2) is 0 Å². The number of aliphatic hydroxyl groups is 1. The molecule has 0 aromatic heterocycles. The molecule has 0 bridgehead atoms. The summed E-state index contributed by atoms with van der Waals surface area (Å²) in [6.45, 7) is 0.581. The first-order valence-corrected chi connectivity index (χ1v) is 8.98. The molecule has 0 spiro atoms. The van der Waals surface area contributed by atoms with Crippen molar-refractivity contribution >= 4 is 33.4 Å². The van der Waals surface area contributed by atoms with Crippen LogP contribution in [-0.4, -0.2) is 40.5 Å². The highest BCUT2D eigenvalue weighted by molar-refractivity contribution is 9.10. The van der Waals surface area contributed by atoms with E-state index in [1.54, 1.807) is 17.0 Å². The average molecular weight is 401 g/mol. The molecule has 25 heavy (non-hydrogen) atoms. The van der Waals surface area contributed by atoms with Crippen molar-refractivity contribution in [2.24, 2.45) is 0 Å². The lowest BCUT2D eigenvalue weighted by Crippen LogP contribution is -2.44. The van der Waals surface area contributed by atoms with E-state index in [0.717, 1.165) is 10.0 Å². The summed E-state index contributed by atoms with van der Waals surface area (Å²) in [7, 11) is 0. The summed E-state index contributed by atoms with van der Waals surface area (Å²) in [6, 6.07) is 14.3. The van der Waals surface area contributed by atoms with Crippen LogP contribution in [0.15, 0.2) is 53.0 Å². The molecule has 0 radical (unpaired) electrons. The first-order chi connectivity index (χ1) is 12.0. The summed E-state index contributed by atoms with van der Waals surface area (Å²) in [5.74, 6) is -0.336. The van der Waals surface area contributed by atoms with Gasteiger partial charge in [0.25, 0.3) is 5.91 Å². The fourth-order valence-electron chi connectivity index (χ4n) is 3.60. The van der Waals surface area contributed by atoms with E-state index in [-0.39, 0.29) is 24.8 Å². The van der Waals surface area contributed by atoms with Crippen LogP contribution in [0, 0.1) is 0 Å². The molecule has 2 aromatic carbocycles. The maximum atomic E-state index is 13.2. The zero-order valence-corrected chi connectivity index (χ0v) is 15.0. The molecule has 5 nitrogen and oxygen atoms in total. The van der Waals surface area contributed by atoms with E-state index in [9.17, 15) is 14.7 Å². The zero-order valence-electron chi connectivity index (χ0n) is 13.4. The Bertz CT molecular complexity index is 854. The van der Waals surface area contributed by atoms with Crippen molar-refractivity contribution in [1.29, 1.82) is 0 Å². The van der Waals surface area contributed by atoms with Gasteiger partial charge in [0, 0.05) is 17.4 Å². The highest BCUT2D eigenvalue weighted by Crippen LogP contribution is 2.33. The second-order valence-electron chi connectivity index (χ2n) is 6.43. The van der Waals surface area contributed by atoms with Gasteiger partial charge in [-0.1, -0.05) is 40.2 Å². The van der Waals surface area contributed by atoms with Gasteiger partial charge in [0.2, 0.25) is 5.91 Å². The molecule has 128 valence electrons. The maximum absolute atomic E-state index is 13.2. The Morgan fingerprint density at radius 3 is 2.72 bits per heavy atom. The molecule has 1 fully saturated rings. The van der Waals surface area contributed by atoms with Crippen LogP contribution in [0.2, 0.25) is 0 Å². The Kier molecular flexibility index (Phi) is 4.09. The van der Waals surface area contributed by atoms with Crippen molar-refractivity contribution in [3.05, 3.63) is 64.1 Å². The van der Waals surface area contributed by atoms with Crippen LogP contribution in [0.4, 0.5) is 5.69 Å². The molecule has 0 saturated carbocycles. The molecule has 6 heteroatoms. The normalized spacial score (nSPS) is 22.6. The first-order valence-electron chi connectivity index (χ1n) is 8.18. The Balaban J connectivity index is 1.79. The smallest absolute Gasteiger partial charge is 0.256 e. The quantitative estimate of drug-likeness (QED) is 0.842. The third-order valence-corrected chi connectivity index (χ3v) is 5.24. The minimum atomic E-state index is -0.657. The van der Waals surface area contributed by atoms with Crippen molar-refractivity contribution in [2.75, 3.05) is 11.4 Å². The highest BCUT2D eigenvalue weighted by Gasteiger charge is 2.44. The van der Waals surface area contributed by atoms with E-state index in [4.69, 9.17) is 0 Å². The van der Waals surface area contributed by atoms with Crippen LogP contribution in [0.25, 0.3) is 0 Å². The Morgan fingerprint density at radius 1 is 1.12 bits per heavy atom. The second kappa shape index (κ2) is 6.28. The molecule has 0 aliphatic carbocycles. The van der Waals surface area contributed by atoms with Gasteiger partial charge in [-0.2, -0.15) is 0 Å². The number of hydrogen-bond acceptors (Lipinski definition) is 3.